The van der Waals surface area contributed by atoms with Gasteiger partial charge in [-0.15, -0.1) is 0 Å². The first kappa shape index (κ1) is 14.1. The Labute approximate surface area is 321 Å². The summed E-state index contributed by atoms with van der Waals surface area (Å²) in [5.41, 5.74) is -4.12. The van der Waals surface area contributed by atoms with E-state index in [0.29, 0.717) is 0 Å². The van der Waals surface area contributed by atoms with E-state index in [9.17, 15) is 11.0 Å². The minimum absolute atomic E-state index is 0.144. The Hall–Kier alpha value is -6.64. The molecule has 0 aliphatic carbocycles. The number of fused-ring (bicyclic) bond motifs is 6. The summed E-state index contributed by atoms with van der Waals surface area (Å²) in [6, 6.07) is -0.474. The Morgan fingerprint density at radius 3 is 1.16 bits per heavy atom. The van der Waals surface area contributed by atoms with E-state index in [4.69, 9.17) is 19.2 Å². The Kier molecular flexibility index (Phi) is 3.24. The van der Waals surface area contributed by atoms with Crippen molar-refractivity contribution in [1.82, 2.24) is 9.13 Å². The van der Waals surface area contributed by atoms with E-state index < -0.39 is 199 Å². The predicted octanol–water partition coefficient (Wildman–Crippen LogP) is 12.9. The normalized spacial score (nSPS) is 17.8. The molecule has 10 aromatic rings. The molecule has 2 aromatic heterocycles. The molecule has 8 aromatic carbocycles. The van der Waals surface area contributed by atoms with E-state index in [1.807, 2.05) is 0 Å². The van der Waals surface area contributed by atoms with Crippen LogP contribution in [0.2, 0.25) is 0 Å². The van der Waals surface area contributed by atoms with Crippen LogP contribution in [0.25, 0.3) is 88.4 Å². The van der Waals surface area contributed by atoms with Crippen molar-refractivity contribution in [3.8, 4) is 44.8 Å². The van der Waals surface area contributed by atoms with Crippen LogP contribution in [0, 0.1) is 0 Å². The highest BCUT2D eigenvalue weighted by atomic mass is 15.0. The van der Waals surface area contributed by atoms with Gasteiger partial charge in [-0.2, -0.15) is 0 Å². The fourth-order valence-corrected chi connectivity index (χ4v) is 6.12. The van der Waals surface area contributed by atoms with Crippen LogP contribution in [0.1, 0.15) is 30.2 Å². The van der Waals surface area contributed by atoms with Crippen molar-refractivity contribution >= 4 is 43.6 Å². The second kappa shape index (κ2) is 11.5. The fourth-order valence-electron chi connectivity index (χ4n) is 6.12. The minimum Gasteiger partial charge on any atom is -0.309 e. The third-order valence-electron chi connectivity index (χ3n) is 8.36. The van der Waals surface area contributed by atoms with E-state index in [1.165, 1.54) is 0 Å². The second-order valence-corrected chi connectivity index (χ2v) is 11.2. The molecule has 0 N–H and O–H groups in total. The van der Waals surface area contributed by atoms with E-state index in [1.54, 1.807) is 60.7 Å². The fraction of sp³-hybridized carbons (Fsp3) is 0. The molecule has 0 aliphatic rings. The molecule has 2 nitrogen and oxygen atoms in total. The second-order valence-electron chi connectivity index (χ2n) is 11.2. The molecule has 10 rings (SSSR count). The standard InChI is InChI=1S/C48H32N2/c1-3-13-33(14-4-1)35-17-11-19-39(29-35)49-45-23-9-7-21-41(45)43-31-37(25-27-47(43)49)38-26-28-48-44(32-38)42-22-8-10-24-46(42)50(48)40-20-12-18-36(30-40)34-15-5-2-6-16-34/h1-32H/i7D,8D,9D,10D,11D,12D,17D,18D,19D,20D,21D,22D,23D,24D,25D,26D,27D,28D,29D,30D,31D,32D. The van der Waals surface area contributed by atoms with Crippen molar-refractivity contribution in [2.75, 3.05) is 0 Å². The van der Waals surface area contributed by atoms with Crippen LogP contribution in [-0.4, -0.2) is 9.13 Å². The van der Waals surface area contributed by atoms with Crippen molar-refractivity contribution in [3.63, 3.8) is 0 Å². The van der Waals surface area contributed by atoms with Crippen molar-refractivity contribution < 1.29 is 30.2 Å². The van der Waals surface area contributed by atoms with E-state index in [2.05, 4.69) is 0 Å². The van der Waals surface area contributed by atoms with E-state index >= 15 is 0 Å². The maximum absolute atomic E-state index is 9.87. The summed E-state index contributed by atoms with van der Waals surface area (Å²) >= 11 is 0. The largest absolute Gasteiger partial charge is 0.309 e. The van der Waals surface area contributed by atoms with Gasteiger partial charge in [0, 0.05) is 32.9 Å². The Bertz CT molecular complexity index is 3840. The van der Waals surface area contributed by atoms with Crippen molar-refractivity contribution in [1.29, 1.82) is 0 Å². The molecule has 0 spiro atoms. The topological polar surface area (TPSA) is 9.86 Å². The lowest BCUT2D eigenvalue weighted by atomic mass is 10.0. The Morgan fingerprint density at radius 2 is 0.700 bits per heavy atom. The number of benzene rings is 8. The van der Waals surface area contributed by atoms with Gasteiger partial charge in [0.2, 0.25) is 0 Å². The molecule has 0 radical (unpaired) electrons. The molecule has 50 heavy (non-hydrogen) atoms. The van der Waals surface area contributed by atoms with Gasteiger partial charge in [0.15, 0.2) is 0 Å². The van der Waals surface area contributed by atoms with Crippen LogP contribution in [0.4, 0.5) is 0 Å². The molecule has 0 amide bonds. The lowest BCUT2D eigenvalue weighted by Crippen LogP contribution is -1.94. The SMILES string of the molecule is [2H]c1c([2H])c(-c2ccccc2)c([2H])c(-n2c3c([2H])c([2H])c([2H])c([2H])c3c3c([2H])c(-c4c([2H])c([2H])c5c(c4[2H])c4c([2H])c([2H])c([2H])c([2H])c4n5-c4c([2H])c([2H])c([2H])c(-c5ccccc5)c4[2H])c([2H])c([2H])c32)c1[2H]. The zero-order valence-corrected chi connectivity index (χ0v) is 25.7. The van der Waals surface area contributed by atoms with Crippen LogP contribution in [0.15, 0.2) is 194 Å². The van der Waals surface area contributed by atoms with Gasteiger partial charge in [0.05, 0.1) is 52.2 Å². The molecule has 0 saturated carbocycles. The van der Waals surface area contributed by atoms with Gasteiger partial charge in [-0.3, -0.25) is 0 Å². The highest BCUT2D eigenvalue weighted by Crippen LogP contribution is 2.39. The van der Waals surface area contributed by atoms with Crippen molar-refractivity contribution in [3.05, 3.63) is 194 Å². The van der Waals surface area contributed by atoms with Crippen LogP contribution < -0.4 is 0 Å². The number of rotatable bonds is 5. The lowest BCUT2D eigenvalue weighted by Gasteiger charge is -2.11. The highest BCUT2D eigenvalue weighted by molar-refractivity contribution is 6.12. The van der Waals surface area contributed by atoms with Crippen molar-refractivity contribution in [2.24, 2.45) is 0 Å². The average Bonchev–Trinajstić information content (AvgIpc) is 3.90. The van der Waals surface area contributed by atoms with Crippen molar-refractivity contribution in [2.45, 2.75) is 0 Å². The first-order valence-corrected chi connectivity index (χ1v) is 15.4. The number of hydrogen-bond acceptors (Lipinski definition) is 0. The quantitative estimate of drug-likeness (QED) is 0.174. The predicted molar refractivity (Wildman–Crippen MR) is 211 cm³/mol. The summed E-state index contributed by atoms with van der Waals surface area (Å²) < 4.78 is 204. The molecular formula is C48H32N2. The monoisotopic (exact) mass is 658 g/mol. The first-order valence-electron chi connectivity index (χ1n) is 26.4. The zero-order chi connectivity index (χ0) is 52.2. The number of aromatic nitrogens is 2. The van der Waals surface area contributed by atoms with Gasteiger partial charge in [-0.05, 0) is 93.8 Å². The summed E-state index contributed by atoms with van der Waals surface area (Å²) in [5, 5.41) is -1.85. The molecule has 2 heterocycles. The van der Waals surface area contributed by atoms with Crippen LogP contribution in [-0.2, 0) is 0 Å². The van der Waals surface area contributed by atoms with Crippen LogP contribution in [0.5, 0.6) is 0 Å². The summed E-state index contributed by atoms with van der Waals surface area (Å²) in [4.78, 5) is 0. The van der Waals surface area contributed by atoms with Gasteiger partial charge in [-0.1, -0.05) is 133 Å². The average molecular weight is 659 g/mol. The Balaban J connectivity index is 1.40. The zero-order valence-electron chi connectivity index (χ0n) is 47.7. The molecule has 0 unspecified atom stereocenters. The third kappa shape index (κ3) is 4.57. The van der Waals surface area contributed by atoms with Crippen LogP contribution >= 0.6 is 0 Å². The van der Waals surface area contributed by atoms with Gasteiger partial charge < -0.3 is 9.13 Å². The van der Waals surface area contributed by atoms with Gasteiger partial charge in [0.25, 0.3) is 0 Å². The minimum atomic E-state index is -0.915. The van der Waals surface area contributed by atoms with Gasteiger partial charge in [0.1, 0.15) is 0 Å². The number of nitrogens with zero attached hydrogens (tertiary/aromatic N) is 2. The maximum atomic E-state index is 9.87. The third-order valence-corrected chi connectivity index (χ3v) is 8.36. The molecule has 0 atom stereocenters. The number of hydrogen-bond donors (Lipinski definition) is 0. The highest BCUT2D eigenvalue weighted by Gasteiger charge is 2.16. The summed E-state index contributed by atoms with van der Waals surface area (Å²) in [5.74, 6) is 0. The van der Waals surface area contributed by atoms with E-state index in [0.717, 1.165) is 9.13 Å². The van der Waals surface area contributed by atoms with E-state index in [-0.39, 0.29) is 22.3 Å². The summed E-state index contributed by atoms with van der Waals surface area (Å²) in [7, 11) is 0. The maximum Gasteiger partial charge on any atom is 0.0651 e. The molecule has 2 heteroatoms. The molecule has 234 valence electrons. The van der Waals surface area contributed by atoms with Gasteiger partial charge >= 0.3 is 0 Å². The molecule has 0 aliphatic heterocycles. The lowest BCUT2D eigenvalue weighted by molar-refractivity contribution is 1.18. The molecule has 0 saturated heterocycles. The summed E-state index contributed by atoms with van der Waals surface area (Å²) in [6.07, 6.45) is 0. The molecule has 0 bridgehead atoms. The molecular weight excluding hydrogens is 605 g/mol. The smallest absolute Gasteiger partial charge is 0.0651 e. The van der Waals surface area contributed by atoms with Crippen LogP contribution in [0.3, 0.4) is 0 Å². The number of para-hydroxylation sites is 2. The van der Waals surface area contributed by atoms with Gasteiger partial charge in [-0.25, -0.2) is 0 Å². The summed E-state index contributed by atoms with van der Waals surface area (Å²) in [6.45, 7) is 0. The molecule has 0 fully saturated rings. The Morgan fingerprint density at radius 1 is 0.300 bits per heavy atom. The first-order chi connectivity index (χ1) is 34.0.